The first-order valence-electron chi connectivity index (χ1n) is 8.02. The molecule has 0 aliphatic carbocycles. The third-order valence-electron chi connectivity index (χ3n) is 5.17. The molecule has 1 N–H and O–H groups in total. The standard InChI is InChI=1S/C18H22O3/c1-2-3-11-18(19)16-14-10-9-13(20-14)15(16)17(21-18)12-7-5-4-6-8-12/h4-10,13-17,19H,2-3,11H2,1H3/t13-,14+,15-,16+,17+,18-/m1/s1. The van der Waals surface area contributed by atoms with E-state index in [1.807, 2.05) is 18.2 Å². The summed E-state index contributed by atoms with van der Waals surface area (Å²) in [4.78, 5) is 0. The fourth-order valence-corrected chi connectivity index (χ4v) is 4.22. The lowest BCUT2D eigenvalue weighted by molar-refractivity contribution is -0.229. The second kappa shape index (κ2) is 4.94. The van der Waals surface area contributed by atoms with Crippen molar-refractivity contribution in [3.63, 3.8) is 0 Å². The molecule has 3 heterocycles. The van der Waals surface area contributed by atoms with Gasteiger partial charge in [0, 0.05) is 12.3 Å². The molecule has 1 aromatic rings. The molecule has 0 amide bonds. The van der Waals surface area contributed by atoms with Crippen LogP contribution in [-0.2, 0) is 9.47 Å². The Labute approximate surface area is 125 Å². The molecule has 0 spiro atoms. The highest BCUT2D eigenvalue weighted by atomic mass is 16.6. The molecule has 2 fully saturated rings. The summed E-state index contributed by atoms with van der Waals surface area (Å²) in [5.74, 6) is -0.765. The summed E-state index contributed by atoms with van der Waals surface area (Å²) in [5.41, 5.74) is 1.14. The zero-order valence-electron chi connectivity index (χ0n) is 12.3. The lowest BCUT2D eigenvalue weighted by Gasteiger charge is -2.30. The second-order valence-electron chi connectivity index (χ2n) is 6.45. The van der Waals surface area contributed by atoms with E-state index in [9.17, 15) is 5.11 Å². The topological polar surface area (TPSA) is 38.7 Å². The molecule has 3 aliphatic heterocycles. The molecule has 4 rings (SSSR count). The molecule has 6 atom stereocenters. The minimum Gasteiger partial charge on any atom is -0.366 e. The summed E-state index contributed by atoms with van der Waals surface area (Å²) in [6.07, 6.45) is 6.98. The maximum atomic E-state index is 11.1. The van der Waals surface area contributed by atoms with Crippen LogP contribution in [0.2, 0.25) is 0 Å². The molecule has 0 aromatic heterocycles. The van der Waals surface area contributed by atoms with Gasteiger partial charge in [0.15, 0.2) is 5.79 Å². The Morgan fingerprint density at radius 1 is 1.14 bits per heavy atom. The zero-order chi connectivity index (χ0) is 14.4. The van der Waals surface area contributed by atoms with E-state index < -0.39 is 5.79 Å². The molecule has 2 saturated heterocycles. The molecule has 3 nitrogen and oxygen atoms in total. The van der Waals surface area contributed by atoms with E-state index >= 15 is 0 Å². The van der Waals surface area contributed by atoms with Gasteiger partial charge in [-0.1, -0.05) is 55.8 Å². The average Bonchev–Trinajstić information content (AvgIpc) is 3.19. The van der Waals surface area contributed by atoms with Crippen molar-refractivity contribution in [1.82, 2.24) is 0 Å². The highest BCUT2D eigenvalue weighted by Crippen LogP contribution is 2.58. The van der Waals surface area contributed by atoms with E-state index in [4.69, 9.17) is 9.47 Å². The van der Waals surface area contributed by atoms with Crippen molar-refractivity contribution in [3.8, 4) is 0 Å². The molecular formula is C18H22O3. The molecule has 21 heavy (non-hydrogen) atoms. The Bertz CT molecular complexity index is 541. The number of hydrogen-bond donors (Lipinski definition) is 1. The SMILES string of the molecule is CCCC[C@@]1(O)O[C@@H](c2ccccc2)[C@H]2[C@@H]1[C@@H]1C=C[C@H]2O1. The van der Waals surface area contributed by atoms with Crippen molar-refractivity contribution >= 4 is 0 Å². The number of rotatable bonds is 4. The highest BCUT2D eigenvalue weighted by Gasteiger charge is 2.64. The summed E-state index contributed by atoms with van der Waals surface area (Å²) < 4.78 is 12.2. The van der Waals surface area contributed by atoms with Gasteiger partial charge in [-0.25, -0.2) is 0 Å². The van der Waals surface area contributed by atoms with Crippen molar-refractivity contribution < 1.29 is 14.6 Å². The van der Waals surface area contributed by atoms with Crippen molar-refractivity contribution in [2.75, 3.05) is 0 Å². The Hall–Kier alpha value is -1.16. The van der Waals surface area contributed by atoms with Crippen molar-refractivity contribution in [2.45, 2.75) is 50.3 Å². The summed E-state index contributed by atoms with van der Waals surface area (Å²) in [6.45, 7) is 2.14. The Morgan fingerprint density at radius 2 is 1.90 bits per heavy atom. The van der Waals surface area contributed by atoms with Gasteiger partial charge < -0.3 is 14.6 Å². The van der Waals surface area contributed by atoms with Crippen LogP contribution in [0.15, 0.2) is 42.5 Å². The van der Waals surface area contributed by atoms with E-state index in [1.165, 1.54) is 0 Å². The smallest absolute Gasteiger partial charge is 0.172 e. The van der Waals surface area contributed by atoms with E-state index in [2.05, 4.69) is 31.2 Å². The molecule has 0 unspecified atom stereocenters. The first-order valence-corrected chi connectivity index (χ1v) is 8.02. The van der Waals surface area contributed by atoms with Gasteiger partial charge in [-0.05, 0) is 12.0 Å². The molecule has 112 valence electrons. The number of hydrogen-bond acceptors (Lipinski definition) is 3. The minimum absolute atomic E-state index is 0.00979. The van der Waals surface area contributed by atoms with Crippen molar-refractivity contribution in [3.05, 3.63) is 48.0 Å². The van der Waals surface area contributed by atoms with E-state index in [1.54, 1.807) is 0 Å². The van der Waals surface area contributed by atoms with Gasteiger partial charge in [-0.3, -0.25) is 0 Å². The summed E-state index contributed by atoms with van der Waals surface area (Å²) >= 11 is 0. The summed E-state index contributed by atoms with van der Waals surface area (Å²) in [7, 11) is 0. The maximum absolute atomic E-state index is 11.1. The maximum Gasteiger partial charge on any atom is 0.172 e. The Balaban J connectivity index is 1.69. The quantitative estimate of drug-likeness (QED) is 0.864. The van der Waals surface area contributed by atoms with Crippen LogP contribution in [-0.4, -0.2) is 23.1 Å². The Morgan fingerprint density at radius 3 is 2.67 bits per heavy atom. The number of fused-ring (bicyclic) bond motifs is 5. The molecular weight excluding hydrogens is 264 g/mol. The van der Waals surface area contributed by atoms with Crippen LogP contribution in [0.3, 0.4) is 0 Å². The lowest BCUT2D eigenvalue weighted by atomic mass is 9.75. The average molecular weight is 286 g/mol. The van der Waals surface area contributed by atoms with Crippen molar-refractivity contribution in [2.24, 2.45) is 11.8 Å². The molecule has 2 bridgehead atoms. The van der Waals surface area contributed by atoms with Crippen LogP contribution in [0.1, 0.15) is 37.9 Å². The molecule has 0 radical (unpaired) electrons. The molecule has 3 heteroatoms. The van der Waals surface area contributed by atoms with Gasteiger partial charge in [0.2, 0.25) is 0 Å². The van der Waals surface area contributed by atoms with Crippen LogP contribution in [0.5, 0.6) is 0 Å². The highest BCUT2D eigenvalue weighted by molar-refractivity contribution is 5.27. The molecule has 1 aromatic carbocycles. The normalized spacial score (nSPS) is 43.4. The van der Waals surface area contributed by atoms with E-state index in [-0.39, 0.29) is 30.1 Å². The predicted octanol–water partition coefficient (Wildman–Crippen LogP) is 3.21. The van der Waals surface area contributed by atoms with Crippen LogP contribution < -0.4 is 0 Å². The monoisotopic (exact) mass is 286 g/mol. The van der Waals surface area contributed by atoms with Crippen LogP contribution in [0, 0.1) is 11.8 Å². The van der Waals surface area contributed by atoms with Gasteiger partial charge >= 0.3 is 0 Å². The fourth-order valence-electron chi connectivity index (χ4n) is 4.22. The van der Waals surface area contributed by atoms with E-state index in [0.29, 0.717) is 6.42 Å². The van der Waals surface area contributed by atoms with Crippen LogP contribution in [0.4, 0.5) is 0 Å². The van der Waals surface area contributed by atoms with Gasteiger partial charge in [0.25, 0.3) is 0 Å². The van der Waals surface area contributed by atoms with Gasteiger partial charge in [0.1, 0.15) is 0 Å². The lowest BCUT2D eigenvalue weighted by Crippen LogP contribution is -2.41. The van der Waals surface area contributed by atoms with Gasteiger partial charge in [0.05, 0.1) is 24.2 Å². The van der Waals surface area contributed by atoms with Crippen molar-refractivity contribution in [1.29, 1.82) is 0 Å². The number of unbranched alkanes of at least 4 members (excludes halogenated alkanes) is 1. The summed E-state index contributed by atoms with van der Waals surface area (Å²) in [6, 6.07) is 10.2. The number of aliphatic hydroxyl groups is 1. The minimum atomic E-state index is -1.05. The fraction of sp³-hybridized carbons (Fsp3) is 0.556. The predicted molar refractivity (Wildman–Crippen MR) is 79.5 cm³/mol. The molecule has 0 saturated carbocycles. The third kappa shape index (κ3) is 1.99. The Kier molecular flexibility index (Phi) is 3.18. The van der Waals surface area contributed by atoms with Gasteiger partial charge in [-0.15, -0.1) is 0 Å². The first-order chi connectivity index (χ1) is 10.2. The molecule has 3 aliphatic rings. The van der Waals surface area contributed by atoms with Crippen LogP contribution >= 0.6 is 0 Å². The van der Waals surface area contributed by atoms with Crippen LogP contribution in [0.25, 0.3) is 0 Å². The van der Waals surface area contributed by atoms with Gasteiger partial charge in [-0.2, -0.15) is 0 Å². The number of ether oxygens (including phenoxy) is 2. The number of benzene rings is 1. The largest absolute Gasteiger partial charge is 0.366 e. The zero-order valence-corrected chi connectivity index (χ0v) is 12.3. The second-order valence-corrected chi connectivity index (χ2v) is 6.45. The first kappa shape index (κ1) is 13.5. The summed E-state index contributed by atoms with van der Waals surface area (Å²) in [5, 5.41) is 11.1. The van der Waals surface area contributed by atoms with E-state index in [0.717, 1.165) is 18.4 Å². The third-order valence-corrected chi connectivity index (χ3v) is 5.17.